The smallest absolute Gasteiger partial charge is 0.261 e. The molecule has 0 amide bonds. The van der Waals surface area contributed by atoms with Crippen molar-refractivity contribution in [3.63, 3.8) is 0 Å². The molecule has 5 nitrogen and oxygen atoms in total. The molecule has 0 unspecified atom stereocenters. The minimum absolute atomic E-state index is 0.0506. The standard InChI is InChI=1S/C37H50O5Si/c1-35(2,3)43(25-15-10-8-11-16-25,26-17-12-9-13-18-26)40-24-29-32(27-23-31(39-7)42-34(27)41-29)33(38)28-19-20-30-36(4,5)21-14-22-37(28,30)6/h8-13,15-19,27,29-32,34H,14,20-24H2,1-7H3/t27-,29-,30+,31-,32+,34-,37-/m1/s1. The van der Waals surface area contributed by atoms with Crippen LogP contribution >= 0.6 is 0 Å². The van der Waals surface area contributed by atoms with Gasteiger partial charge < -0.3 is 18.6 Å². The van der Waals surface area contributed by atoms with E-state index in [4.69, 9.17) is 18.6 Å². The number of methoxy groups -OCH3 is 1. The van der Waals surface area contributed by atoms with E-state index in [1.54, 1.807) is 7.11 Å². The van der Waals surface area contributed by atoms with Gasteiger partial charge in [-0.2, -0.15) is 0 Å². The van der Waals surface area contributed by atoms with Crippen LogP contribution in [0.15, 0.2) is 72.3 Å². The average Bonchev–Trinajstić information content (AvgIpc) is 3.64. The molecule has 6 rings (SSSR count). The highest BCUT2D eigenvalue weighted by Crippen LogP contribution is 2.60. The quantitative estimate of drug-likeness (QED) is 0.317. The molecule has 3 fully saturated rings. The van der Waals surface area contributed by atoms with E-state index >= 15 is 0 Å². The summed E-state index contributed by atoms with van der Waals surface area (Å²) in [6.45, 7) is 14.3. The summed E-state index contributed by atoms with van der Waals surface area (Å²) in [5.74, 6) is 0.358. The summed E-state index contributed by atoms with van der Waals surface area (Å²) in [6, 6.07) is 21.4. The van der Waals surface area contributed by atoms with Crippen LogP contribution in [0.25, 0.3) is 0 Å². The van der Waals surface area contributed by atoms with E-state index in [0.717, 1.165) is 24.8 Å². The third-order valence-electron chi connectivity index (χ3n) is 11.4. The van der Waals surface area contributed by atoms with Crippen molar-refractivity contribution in [1.29, 1.82) is 0 Å². The Morgan fingerprint density at radius 3 is 2.16 bits per heavy atom. The van der Waals surface area contributed by atoms with E-state index in [-0.39, 0.29) is 45.9 Å². The summed E-state index contributed by atoms with van der Waals surface area (Å²) >= 11 is 0. The first kappa shape index (κ1) is 30.9. The maximum absolute atomic E-state index is 14.8. The number of Topliss-reactive ketones (excluding diaryl/α,β-unsaturated/α-hetero) is 1. The van der Waals surface area contributed by atoms with Gasteiger partial charge in [-0.05, 0) is 57.0 Å². The molecule has 1 saturated carbocycles. The molecule has 2 aromatic rings. The van der Waals surface area contributed by atoms with Crippen molar-refractivity contribution < 1.29 is 23.4 Å². The molecule has 7 atom stereocenters. The minimum Gasteiger partial charge on any atom is -0.405 e. The summed E-state index contributed by atoms with van der Waals surface area (Å²) in [7, 11) is -1.13. The Balaban J connectivity index is 1.35. The molecule has 0 N–H and O–H groups in total. The van der Waals surface area contributed by atoms with E-state index < -0.39 is 14.6 Å². The molecular formula is C37H50O5Si. The number of ether oxygens (including phenoxy) is 3. The molecule has 0 aromatic heterocycles. The highest BCUT2D eigenvalue weighted by atomic mass is 28.4. The number of carbonyl (C=O) groups is 1. The van der Waals surface area contributed by atoms with Gasteiger partial charge in [-0.25, -0.2) is 0 Å². The largest absolute Gasteiger partial charge is 0.405 e. The summed E-state index contributed by atoms with van der Waals surface area (Å²) in [5, 5.41) is 2.29. The van der Waals surface area contributed by atoms with Gasteiger partial charge in [-0.3, -0.25) is 4.79 Å². The van der Waals surface area contributed by atoms with Gasteiger partial charge in [-0.15, -0.1) is 0 Å². The number of ketones is 1. The summed E-state index contributed by atoms with van der Waals surface area (Å²) in [4.78, 5) is 14.8. The van der Waals surface area contributed by atoms with Crippen LogP contribution in [0.5, 0.6) is 0 Å². The van der Waals surface area contributed by atoms with Crippen LogP contribution in [0, 0.1) is 28.6 Å². The van der Waals surface area contributed by atoms with E-state index in [9.17, 15) is 4.79 Å². The van der Waals surface area contributed by atoms with Crippen LogP contribution in [-0.2, 0) is 23.4 Å². The first-order chi connectivity index (χ1) is 20.4. The van der Waals surface area contributed by atoms with E-state index in [0.29, 0.717) is 18.9 Å². The fourth-order valence-corrected chi connectivity index (χ4v) is 13.9. The van der Waals surface area contributed by atoms with Gasteiger partial charge in [0.25, 0.3) is 8.32 Å². The molecule has 4 aliphatic rings. The van der Waals surface area contributed by atoms with Gasteiger partial charge in [0.2, 0.25) is 0 Å². The average molecular weight is 603 g/mol. The third kappa shape index (κ3) is 5.11. The van der Waals surface area contributed by atoms with Gasteiger partial charge in [0, 0.05) is 19.4 Å². The van der Waals surface area contributed by atoms with Crippen LogP contribution in [0.3, 0.4) is 0 Å². The number of benzene rings is 2. The van der Waals surface area contributed by atoms with Gasteiger partial charge in [0.15, 0.2) is 18.4 Å². The lowest BCUT2D eigenvalue weighted by molar-refractivity contribution is -0.203. The van der Waals surface area contributed by atoms with Crippen molar-refractivity contribution in [2.45, 2.75) is 97.4 Å². The number of rotatable bonds is 8. The third-order valence-corrected chi connectivity index (χ3v) is 16.4. The second kappa shape index (κ2) is 11.4. The second-order valence-electron chi connectivity index (χ2n) is 15.3. The van der Waals surface area contributed by atoms with Crippen molar-refractivity contribution in [2.24, 2.45) is 28.6 Å². The highest BCUT2D eigenvalue weighted by molar-refractivity contribution is 6.99. The molecule has 2 aromatic carbocycles. The van der Waals surface area contributed by atoms with Crippen LogP contribution in [0.1, 0.15) is 73.6 Å². The molecular weight excluding hydrogens is 552 g/mol. The summed E-state index contributed by atoms with van der Waals surface area (Å²) < 4.78 is 25.8. The summed E-state index contributed by atoms with van der Waals surface area (Å²) in [5.41, 5.74) is 1.15. The zero-order valence-electron chi connectivity index (χ0n) is 27.1. The normalized spacial score (nSPS) is 33.6. The van der Waals surface area contributed by atoms with Crippen LogP contribution in [0.2, 0.25) is 5.04 Å². The van der Waals surface area contributed by atoms with Gasteiger partial charge >= 0.3 is 0 Å². The minimum atomic E-state index is -2.80. The van der Waals surface area contributed by atoms with Crippen LogP contribution < -0.4 is 10.4 Å². The number of carbonyl (C=O) groups excluding carboxylic acids is 1. The molecule has 43 heavy (non-hydrogen) atoms. The summed E-state index contributed by atoms with van der Waals surface area (Å²) in [6.07, 6.45) is 6.17. The maximum Gasteiger partial charge on any atom is 0.261 e. The van der Waals surface area contributed by atoms with E-state index in [1.165, 1.54) is 16.8 Å². The molecule has 2 saturated heterocycles. The van der Waals surface area contributed by atoms with Gasteiger partial charge in [0.05, 0.1) is 18.6 Å². The SMILES string of the molecule is CO[C@H]1C[C@H]2[C@@H](O1)O[C@H](CO[Si](c1ccccc1)(c1ccccc1)C(C)(C)C)[C@H]2C(=O)C1=CC[C@H]2C(C)(C)CCC[C@]12C. The number of hydrogen-bond acceptors (Lipinski definition) is 5. The Morgan fingerprint density at radius 2 is 1.58 bits per heavy atom. The molecule has 6 heteroatoms. The molecule has 2 aliphatic heterocycles. The fraction of sp³-hybridized carbons (Fsp3) is 0.595. The van der Waals surface area contributed by atoms with Crippen LogP contribution in [0.4, 0.5) is 0 Å². The predicted molar refractivity (Wildman–Crippen MR) is 173 cm³/mol. The monoisotopic (exact) mass is 602 g/mol. The maximum atomic E-state index is 14.8. The van der Waals surface area contributed by atoms with Crippen LogP contribution in [-0.4, -0.2) is 46.5 Å². The fourth-order valence-electron chi connectivity index (χ4n) is 9.30. The van der Waals surface area contributed by atoms with Crippen molar-refractivity contribution >= 4 is 24.5 Å². The van der Waals surface area contributed by atoms with Crippen molar-refractivity contribution in [3.05, 3.63) is 72.3 Å². The van der Waals surface area contributed by atoms with Crippen molar-refractivity contribution in [3.8, 4) is 0 Å². The Labute approximate surface area is 259 Å². The molecule has 0 bridgehead atoms. The molecule has 2 aliphatic carbocycles. The van der Waals surface area contributed by atoms with Gasteiger partial charge in [-0.1, -0.05) is 115 Å². The second-order valence-corrected chi connectivity index (χ2v) is 19.6. The number of allylic oxidation sites excluding steroid dienone is 2. The van der Waals surface area contributed by atoms with Gasteiger partial charge in [0.1, 0.15) is 0 Å². The molecule has 0 spiro atoms. The molecule has 0 radical (unpaired) electrons. The lowest BCUT2D eigenvalue weighted by Gasteiger charge is -2.49. The zero-order valence-corrected chi connectivity index (χ0v) is 28.1. The van der Waals surface area contributed by atoms with E-state index in [1.807, 2.05) is 0 Å². The van der Waals surface area contributed by atoms with E-state index in [2.05, 4.69) is 108 Å². The Bertz CT molecular complexity index is 1290. The zero-order chi connectivity index (χ0) is 30.6. The first-order valence-corrected chi connectivity index (χ1v) is 18.2. The topological polar surface area (TPSA) is 54.0 Å². The molecule has 232 valence electrons. The number of hydrogen-bond donors (Lipinski definition) is 0. The van der Waals surface area contributed by atoms with Crippen molar-refractivity contribution in [2.75, 3.05) is 13.7 Å². The lowest BCUT2D eigenvalue weighted by atomic mass is 9.55. The Morgan fingerprint density at radius 1 is 0.953 bits per heavy atom. The Kier molecular flexibility index (Phi) is 8.17. The first-order valence-electron chi connectivity index (χ1n) is 16.3. The van der Waals surface area contributed by atoms with Crippen molar-refractivity contribution in [1.82, 2.24) is 0 Å². The predicted octanol–water partition coefficient (Wildman–Crippen LogP) is 6.64. The Hall–Kier alpha value is -2.09. The molecule has 2 heterocycles. The lowest BCUT2D eigenvalue weighted by Crippen LogP contribution is -2.67. The number of fused-ring (bicyclic) bond motifs is 2. The highest BCUT2D eigenvalue weighted by Gasteiger charge is 2.59.